The normalized spacial score (nSPS) is 10.2. The Labute approximate surface area is 110 Å². The molecule has 0 spiro atoms. The van der Waals surface area contributed by atoms with Crippen LogP contribution in [0, 0.1) is 6.92 Å². The second kappa shape index (κ2) is 5.39. The molecule has 3 heteroatoms. The highest BCUT2D eigenvalue weighted by Gasteiger charge is 2.08. The van der Waals surface area contributed by atoms with Crippen LogP contribution >= 0.6 is 23.4 Å². The third kappa shape index (κ3) is 3.11. The van der Waals surface area contributed by atoms with E-state index in [1.54, 1.807) is 17.8 Å². The summed E-state index contributed by atoms with van der Waals surface area (Å²) in [5.41, 5.74) is 1.77. The topological polar surface area (TPSA) is 17.1 Å². The Hall–Kier alpha value is -1.25. The minimum Gasteiger partial charge on any atom is -0.276 e. The van der Waals surface area contributed by atoms with Crippen LogP contribution in [0.4, 0.5) is 0 Å². The zero-order chi connectivity index (χ0) is 12.3. The van der Waals surface area contributed by atoms with Gasteiger partial charge in [-0.1, -0.05) is 41.6 Å². The molecule has 0 saturated heterocycles. The molecule has 0 aromatic heterocycles. The van der Waals surface area contributed by atoms with Crippen LogP contribution in [0.5, 0.6) is 0 Å². The summed E-state index contributed by atoms with van der Waals surface area (Å²) >= 11 is 7.09. The summed E-state index contributed by atoms with van der Waals surface area (Å²) in [5, 5.41) is -0.416. The van der Waals surface area contributed by atoms with E-state index in [1.807, 2.05) is 49.4 Å². The summed E-state index contributed by atoms with van der Waals surface area (Å²) in [6, 6.07) is 15.5. The van der Waals surface area contributed by atoms with E-state index in [0.717, 1.165) is 9.79 Å². The number of carbonyl (C=O) groups is 1. The molecule has 0 aliphatic heterocycles. The van der Waals surface area contributed by atoms with Gasteiger partial charge in [0.15, 0.2) is 0 Å². The Morgan fingerprint density at radius 1 is 1.06 bits per heavy atom. The fourth-order valence-electron chi connectivity index (χ4n) is 1.45. The Morgan fingerprint density at radius 2 is 1.71 bits per heavy atom. The first-order chi connectivity index (χ1) is 8.16. The maximum absolute atomic E-state index is 11.3. The van der Waals surface area contributed by atoms with E-state index in [9.17, 15) is 4.79 Å². The molecule has 0 N–H and O–H groups in total. The molecular formula is C14H11ClOS. The number of rotatable bonds is 3. The Bertz CT molecular complexity index is 534. The van der Waals surface area contributed by atoms with Crippen LogP contribution < -0.4 is 0 Å². The zero-order valence-corrected chi connectivity index (χ0v) is 10.9. The van der Waals surface area contributed by atoms with E-state index in [0.29, 0.717) is 5.56 Å². The van der Waals surface area contributed by atoms with Gasteiger partial charge in [-0.25, -0.2) is 0 Å². The first-order valence-electron chi connectivity index (χ1n) is 5.20. The minimum atomic E-state index is -0.416. The van der Waals surface area contributed by atoms with Crippen molar-refractivity contribution >= 4 is 28.6 Å². The second-order valence-electron chi connectivity index (χ2n) is 3.68. The van der Waals surface area contributed by atoms with Gasteiger partial charge in [0.05, 0.1) is 0 Å². The van der Waals surface area contributed by atoms with Gasteiger partial charge in [0.25, 0.3) is 5.24 Å². The monoisotopic (exact) mass is 262 g/mol. The molecule has 0 unspecified atom stereocenters. The lowest BCUT2D eigenvalue weighted by Gasteiger charge is -2.05. The molecule has 86 valence electrons. The first-order valence-corrected chi connectivity index (χ1v) is 6.39. The van der Waals surface area contributed by atoms with Crippen molar-refractivity contribution in [2.24, 2.45) is 0 Å². The van der Waals surface area contributed by atoms with Gasteiger partial charge in [-0.15, -0.1) is 0 Å². The quantitative estimate of drug-likeness (QED) is 0.756. The molecular weight excluding hydrogens is 252 g/mol. The fraction of sp³-hybridized carbons (Fsp3) is 0.0714. The number of hydrogen-bond acceptors (Lipinski definition) is 2. The smallest absolute Gasteiger partial charge is 0.253 e. The van der Waals surface area contributed by atoms with Crippen LogP contribution in [-0.2, 0) is 0 Å². The van der Waals surface area contributed by atoms with Crippen molar-refractivity contribution in [3.8, 4) is 0 Å². The molecule has 2 aromatic carbocycles. The van der Waals surface area contributed by atoms with Crippen LogP contribution in [0.25, 0.3) is 0 Å². The molecule has 0 fully saturated rings. The Balaban J connectivity index is 2.30. The van der Waals surface area contributed by atoms with Crippen molar-refractivity contribution < 1.29 is 4.79 Å². The van der Waals surface area contributed by atoms with E-state index >= 15 is 0 Å². The van der Waals surface area contributed by atoms with Crippen molar-refractivity contribution in [2.45, 2.75) is 16.7 Å². The molecule has 0 bridgehead atoms. The highest BCUT2D eigenvalue weighted by molar-refractivity contribution is 7.99. The van der Waals surface area contributed by atoms with Crippen molar-refractivity contribution in [2.75, 3.05) is 0 Å². The van der Waals surface area contributed by atoms with Gasteiger partial charge in [-0.2, -0.15) is 0 Å². The number of halogens is 1. The summed E-state index contributed by atoms with van der Waals surface area (Å²) in [7, 11) is 0. The number of hydrogen-bond donors (Lipinski definition) is 0. The molecule has 0 radical (unpaired) electrons. The molecule has 1 nitrogen and oxygen atoms in total. The third-order valence-corrected chi connectivity index (χ3v) is 3.63. The average molecular weight is 263 g/mol. The highest BCUT2D eigenvalue weighted by atomic mass is 35.5. The molecule has 2 rings (SSSR count). The minimum absolute atomic E-state index is 0.416. The first kappa shape index (κ1) is 12.2. The lowest BCUT2D eigenvalue weighted by atomic mass is 10.2. The van der Waals surface area contributed by atoms with Gasteiger partial charge in [-0.3, -0.25) is 4.79 Å². The second-order valence-corrected chi connectivity index (χ2v) is 5.14. The van der Waals surface area contributed by atoms with Gasteiger partial charge in [0.2, 0.25) is 0 Å². The maximum Gasteiger partial charge on any atom is 0.253 e. The van der Waals surface area contributed by atoms with Gasteiger partial charge >= 0.3 is 0 Å². The van der Waals surface area contributed by atoms with Crippen molar-refractivity contribution in [3.63, 3.8) is 0 Å². The fourth-order valence-corrected chi connectivity index (χ4v) is 2.62. The molecule has 2 aromatic rings. The molecule has 17 heavy (non-hydrogen) atoms. The zero-order valence-electron chi connectivity index (χ0n) is 9.31. The van der Waals surface area contributed by atoms with E-state index < -0.39 is 5.24 Å². The maximum atomic E-state index is 11.3. The van der Waals surface area contributed by atoms with E-state index in [1.165, 1.54) is 5.56 Å². The Morgan fingerprint density at radius 3 is 2.35 bits per heavy atom. The van der Waals surface area contributed by atoms with Crippen LogP contribution in [0.3, 0.4) is 0 Å². The predicted molar refractivity (Wildman–Crippen MR) is 71.9 cm³/mol. The van der Waals surface area contributed by atoms with Crippen molar-refractivity contribution in [1.82, 2.24) is 0 Å². The Kier molecular flexibility index (Phi) is 3.87. The summed E-state index contributed by atoms with van der Waals surface area (Å²) < 4.78 is 0. The van der Waals surface area contributed by atoms with Gasteiger partial charge in [0.1, 0.15) is 0 Å². The molecule has 0 atom stereocenters. The largest absolute Gasteiger partial charge is 0.276 e. The molecule has 0 heterocycles. The lowest BCUT2D eigenvalue weighted by Crippen LogP contribution is -1.91. The number of benzene rings is 2. The number of aryl methyl sites for hydroxylation is 1. The predicted octanol–water partition coefficient (Wildman–Crippen LogP) is 4.53. The molecule has 0 aliphatic carbocycles. The van der Waals surface area contributed by atoms with Gasteiger partial charge in [-0.05, 0) is 42.8 Å². The molecule has 0 amide bonds. The van der Waals surface area contributed by atoms with E-state index in [2.05, 4.69) is 0 Å². The van der Waals surface area contributed by atoms with Crippen LogP contribution in [0.15, 0.2) is 58.3 Å². The molecule has 0 aliphatic rings. The summed E-state index contributed by atoms with van der Waals surface area (Å²) in [6.45, 7) is 2.05. The van der Waals surface area contributed by atoms with Crippen LogP contribution in [-0.4, -0.2) is 5.24 Å². The standard InChI is InChI=1S/C14H11ClOS/c1-10-6-8-11(9-7-10)17-13-5-3-2-4-12(13)14(15)16/h2-9H,1H3. The summed E-state index contributed by atoms with van der Waals surface area (Å²) in [4.78, 5) is 13.2. The van der Waals surface area contributed by atoms with Crippen molar-refractivity contribution in [1.29, 1.82) is 0 Å². The van der Waals surface area contributed by atoms with Crippen LogP contribution in [0.2, 0.25) is 0 Å². The average Bonchev–Trinajstić information content (AvgIpc) is 2.32. The van der Waals surface area contributed by atoms with E-state index in [4.69, 9.17) is 11.6 Å². The third-order valence-electron chi connectivity index (χ3n) is 2.35. The van der Waals surface area contributed by atoms with Gasteiger partial charge in [0, 0.05) is 15.4 Å². The van der Waals surface area contributed by atoms with Crippen LogP contribution in [0.1, 0.15) is 15.9 Å². The SMILES string of the molecule is Cc1ccc(Sc2ccccc2C(=O)Cl)cc1. The highest BCUT2D eigenvalue weighted by Crippen LogP contribution is 2.31. The van der Waals surface area contributed by atoms with Crippen molar-refractivity contribution in [3.05, 3.63) is 59.7 Å². The lowest BCUT2D eigenvalue weighted by molar-refractivity contribution is 0.107. The summed E-state index contributed by atoms with van der Waals surface area (Å²) in [5.74, 6) is 0. The number of carbonyl (C=O) groups excluding carboxylic acids is 1. The summed E-state index contributed by atoms with van der Waals surface area (Å²) in [6.07, 6.45) is 0. The van der Waals surface area contributed by atoms with E-state index in [-0.39, 0.29) is 0 Å². The van der Waals surface area contributed by atoms with Gasteiger partial charge < -0.3 is 0 Å². The molecule has 0 saturated carbocycles.